The molecular weight excluding hydrogens is 224 g/mol. The molecule has 1 aromatic carbocycles. The Labute approximate surface area is 109 Å². The number of anilines is 1. The van der Waals surface area contributed by atoms with Crippen LogP contribution in [-0.4, -0.2) is 25.3 Å². The van der Waals surface area contributed by atoms with Gasteiger partial charge in [0.25, 0.3) is 0 Å². The van der Waals surface area contributed by atoms with E-state index in [9.17, 15) is 0 Å². The van der Waals surface area contributed by atoms with Crippen molar-refractivity contribution in [1.82, 2.24) is 5.32 Å². The summed E-state index contributed by atoms with van der Waals surface area (Å²) in [5.74, 6) is 0. The monoisotopic (exact) mass is 246 g/mol. The first kappa shape index (κ1) is 12.0. The van der Waals surface area contributed by atoms with E-state index in [0.29, 0.717) is 0 Å². The van der Waals surface area contributed by atoms with E-state index >= 15 is 0 Å². The van der Waals surface area contributed by atoms with E-state index in [4.69, 9.17) is 4.74 Å². The van der Waals surface area contributed by atoms with E-state index in [0.717, 1.165) is 32.7 Å². The highest BCUT2D eigenvalue weighted by molar-refractivity contribution is 5.56. The van der Waals surface area contributed by atoms with Crippen LogP contribution in [0, 0.1) is 0 Å². The Morgan fingerprint density at radius 2 is 2.39 bits per heavy atom. The van der Waals surface area contributed by atoms with Crippen molar-refractivity contribution in [3.8, 4) is 0 Å². The molecule has 0 bridgehead atoms. The van der Waals surface area contributed by atoms with Crippen LogP contribution in [0.3, 0.4) is 0 Å². The lowest BCUT2D eigenvalue weighted by Crippen LogP contribution is -2.36. The molecule has 1 saturated heterocycles. The second-order valence-corrected chi connectivity index (χ2v) is 5.67. The van der Waals surface area contributed by atoms with Gasteiger partial charge in [-0.3, -0.25) is 0 Å². The smallest absolute Gasteiger partial charge is 0.0779 e. The molecule has 2 N–H and O–H groups in total. The zero-order valence-electron chi connectivity index (χ0n) is 11.1. The lowest BCUT2D eigenvalue weighted by molar-refractivity contribution is 0.0207. The molecule has 3 rings (SSSR count). The Hall–Kier alpha value is -1.06. The van der Waals surface area contributed by atoms with E-state index < -0.39 is 0 Å². The van der Waals surface area contributed by atoms with Crippen LogP contribution in [0.1, 0.15) is 30.9 Å². The van der Waals surface area contributed by atoms with Crippen molar-refractivity contribution in [3.63, 3.8) is 0 Å². The summed E-state index contributed by atoms with van der Waals surface area (Å²) in [5, 5.41) is 6.95. The quantitative estimate of drug-likeness (QED) is 0.855. The Morgan fingerprint density at radius 3 is 3.22 bits per heavy atom. The van der Waals surface area contributed by atoms with Crippen molar-refractivity contribution >= 4 is 5.69 Å². The summed E-state index contributed by atoms with van der Waals surface area (Å²) < 4.78 is 5.78. The van der Waals surface area contributed by atoms with Gasteiger partial charge in [-0.05, 0) is 43.4 Å². The molecule has 1 unspecified atom stereocenters. The first-order valence-corrected chi connectivity index (χ1v) is 6.96. The van der Waals surface area contributed by atoms with Gasteiger partial charge >= 0.3 is 0 Å². The van der Waals surface area contributed by atoms with E-state index in [-0.39, 0.29) is 5.60 Å². The van der Waals surface area contributed by atoms with Crippen LogP contribution < -0.4 is 10.6 Å². The molecule has 0 aliphatic carbocycles. The first-order chi connectivity index (χ1) is 8.75. The Bertz CT molecular complexity index is 425. The van der Waals surface area contributed by atoms with Crippen LogP contribution >= 0.6 is 0 Å². The van der Waals surface area contributed by atoms with Gasteiger partial charge in [0.15, 0.2) is 0 Å². The molecule has 0 amide bonds. The van der Waals surface area contributed by atoms with Gasteiger partial charge in [-0.15, -0.1) is 0 Å². The van der Waals surface area contributed by atoms with E-state index in [2.05, 4.69) is 35.8 Å². The third-order valence-corrected chi connectivity index (χ3v) is 4.01. The topological polar surface area (TPSA) is 33.3 Å². The summed E-state index contributed by atoms with van der Waals surface area (Å²) in [7, 11) is 0. The van der Waals surface area contributed by atoms with Crippen LogP contribution in [0.25, 0.3) is 0 Å². The molecule has 98 valence electrons. The molecule has 0 aromatic heterocycles. The van der Waals surface area contributed by atoms with Gasteiger partial charge in [-0.1, -0.05) is 12.1 Å². The van der Waals surface area contributed by atoms with Gasteiger partial charge in [0.1, 0.15) is 0 Å². The SMILES string of the molecule is CC1(CNCc2ccc3c(c2)NCC3)CCCO1. The van der Waals surface area contributed by atoms with E-state index in [1.807, 2.05) is 0 Å². The number of hydrogen-bond donors (Lipinski definition) is 2. The second-order valence-electron chi connectivity index (χ2n) is 5.67. The number of benzene rings is 1. The minimum Gasteiger partial charge on any atom is -0.384 e. The molecule has 2 aliphatic rings. The van der Waals surface area contributed by atoms with Gasteiger partial charge in [0.2, 0.25) is 0 Å². The molecule has 1 aromatic rings. The van der Waals surface area contributed by atoms with E-state index in [1.54, 1.807) is 0 Å². The van der Waals surface area contributed by atoms with Gasteiger partial charge in [0.05, 0.1) is 5.60 Å². The van der Waals surface area contributed by atoms with Crippen LogP contribution in [0.4, 0.5) is 5.69 Å². The van der Waals surface area contributed by atoms with Gasteiger partial charge in [-0.2, -0.15) is 0 Å². The van der Waals surface area contributed by atoms with Crippen molar-refractivity contribution in [1.29, 1.82) is 0 Å². The summed E-state index contributed by atoms with van der Waals surface area (Å²) in [5.41, 5.74) is 4.17. The van der Waals surface area contributed by atoms with E-state index in [1.165, 1.54) is 29.7 Å². The predicted octanol–water partition coefficient (Wildman–Crippen LogP) is 2.31. The summed E-state index contributed by atoms with van der Waals surface area (Å²) in [6.45, 7) is 6.07. The summed E-state index contributed by atoms with van der Waals surface area (Å²) >= 11 is 0. The van der Waals surface area contributed by atoms with Crippen LogP contribution in [-0.2, 0) is 17.7 Å². The van der Waals surface area contributed by atoms with Crippen LogP contribution in [0.15, 0.2) is 18.2 Å². The van der Waals surface area contributed by atoms with Gasteiger partial charge in [-0.25, -0.2) is 0 Å². The van der Waals surface area contributed by atoms with Gasteiger partial charge in [0, 0.05) is 31.9 Å². The highest BCUT2D eigenvalue weighted by Gasteiger charge is 2.28. The first-order valence-electron chi connectivity index (χ1n) is 6.96. The maximum atomic E-state index is 5.78. The van der Waals surface area contributed by atoms with Crippen molar-refractivity contribution in [2.75, 3.05) is 25.0 Å². The molecule has 18 heavy (non-hydrogen) atoms. The molecule has 3 nitrogen and oxygen atoms in total. The molecule has 2 aliphatic heterocycles. The lowest BCUT2D eigenvalue weighted by atomic mass is 10.0. The maximum absolute atomic E-state index is 5.78. The fourth-order valence-electron chi connectivity index (χ4n) is 2.90. The highest BCUT2D eigenvalue weighted by Crippen LogP contribution is 2.25. The molecule has 0 saturated carbocycles. The molecule has 0 radical (unpaired) electrons. The fraction of sp³-hybridized carbons (Fsp3) is 0.600. The molecule has 0 spiro atoms. The average molecular weight is 246 g/mol. The molecule has 3 heteroatoms. The number of fused-ring (bicyclic) bond motifs is 1. The minimum atomic E-state index is 0.0506. The van der Waals surface area contributed by atoms with Crippen molar-refractivity contribution in [3.05, 3.63) is 29.3 Å². The molecule has 1 fully saturated rings. The molecule has 2 heterocycles. The van der Waals surface area contributed by atoms with Crippen LogP contribution in [0.2, 0.25) is 0 Å². The molecular formula is C15H22N2O. The fourth-order valence-corrected chi connectivity index (χ4v) is 2.90. The Balaban J connectivity index is 1.54. The number of hydrogen-bond acceptors (Lipinski definition) is 3. The van der Waals surface area contributed by atoms with Crippen molar-refractivity contribution in [2.24, 2.45) is 0 Å². The minimum absolute atomic E-state index is 0.0506. The average Bonchev–Trinajstić information content (AvgIpc) is 2.97. The summed E-state index contributed by atoms with van der Waals surface area (Å²) in [4.78, 5) is 0. The Kier molecular flexibility index (Phi) is 3.27. The largest absolute Gasteiger partial charge is 0.384 e. The third-order valence-electron chi connectivity index (χ3n) is 4.01. The lowest BCUT2D eigenvalue weighted by Gasteiger charge is -2.23. The highest BCUT2D eigenvalue weighted by atomic mass is 16.5. The second kappa shape index (κ2) is 4.90. The number of rotatable bonds is 4. The van der Waals surface area contributed by atoms with Crippen molar-refractivity contribution < 1.29 is 4.74 Å². The molecule has 1 atom stereocenters. The maximum Gasteiger partial charge on any atom is 0.0779 e. The zero-order valence-corrected chi connectivity index (χ0v) is 11.1. The standard InChI is InChI=1S/C15H22N2O/c1-15(6-2-8-18-15)11-16-10-12-3-4-13-5-7-17-14(13)9-12/h3-4,9,16-17H,2,5-8,10-11H2,1H3. The van der Waals surface area contributed by atoms with Crippen LogP contribution in [0.5, 0.6) is 0 Å². The predicted molar refractivity (Wildman–Crippen MR) is 73.9 cm³/mol. The number of nitrogens with one attached hydrogen (secondary N) is 2. The van der Waals surface area contributed by atoms with Crippen molar-refractivity contribution in [2.45, 2.75) is 38.3 Å². The Morgan fingerprint density at radius 1 is 1.44 bits per heavy atom. The summed E-state index contributed by atoms with van der Waals surface area (Å²) in [6.07, 6.45) is 3.53. The summed E-state index contributed by atoms with van der Waals surface area (Å²) in [6, 6.07) is 6.75. The third kappa shape index (κ3) is 2.52. The number of ether oxygens (including phenoxy) is 1. The normalized spacial score (nSPS) is 26.1. The van der Waals surface area contributed by atoms with Gasteiger partial charge < -0.3 is 15.4 Å². The zero-order chi connectivity index (χ0) is 12.4.